The number of aryl methyl sites for hydroxylation is 1. The molecule has 2 aliphatic rings. The van der Waals surface area contributed by atoms with Gasteiger partial charge in [0.25, 0.3) is 0 Å². The van der Waals surface area contributed by atoms with Crippen LogP contribution in [0, 0.1) is 6.92 Å². The van der Waals surface area contributed by atoms with Gasteiger partial charge in [0.1, 0.15) is 23.9 Å². The van der Waals surface area contributed by atoms with Crippen molar-refractivity contribution in [3.05, 3.63) is 53.1 Å². The Bertz CT molecular complexity index is 969. The predicted molar refractivity (Wildman–Crippen MR) is 114 cm³/mol. The van der Waals surface area contributed by atoms with Crippen molar-refractivity contribution in [1.29, 1.82) is 0 Å². The number of hydrogen-bond donors (Lipinski definition) is 1. The summed E-state index contributed by atoms with van der Waals surface area (Å²) in [5, 5.41) is 10.8. The largest absolute Gasteiger partial charge is 0.543 e. The van der Waals surface area contributed by atoms with Crippen molar-refractivity contribution in [2.75, 3.05) is 6.61 Å². The Kier molecular flexibility index (Phi) is 4.36. The molecule has 0 saturated heterocycles. The van der Waals surface area contributed by atoms with E-state index in [1.165, 1.54) is 0 Å². The van der Waals surface area contributed by atoms with Crippen molar-refractivity contribution in [2.24, 2.45) is 0 Å². The van der Waals surface area contributed by atoms with Gasteiger partial charge in [-0.25, -0.2) is 0 Å². The minimum Gasteiger partial charge on any atom is -0.543 e. The van der Waals surface area contributed by atoms with Crippen molar-refractivity contribution in [1.82, 2.24) is 0 Å². The average molecular weight is 397 g/mol. The fourth-order valence-electron chi connectivity index (χ4n) is 3.41. The molecule has 2 heterocycles. The van der Waals surface area contributed by atoms with E-state index >= 15 is 0 Å². The Hall–Kier alpha value is -2.24. The maximum absolute atomic E-state index is 10.7. The van der Waals surface area contributed by atoms with Gasteiger partial charge in [-0.3, -0.25) is 0 Å². The molecule has 1 atom stereocenters. The normalized spacial score (nSPS) is 18.5. The molecule has 0 fully saturated rings. The average Bonchev–Trinajstić information content (AvgIpc) is 2.59. The Balaban J connectivity index is 1.74. The van der Waals surface area contributed by atoms with E-state index in [0.29, 0.717) is 12.4 Å². The molecule has 1 unspecified atom stereocenters. The molecule has 0 aromatic heterocycles. The summed E-state index contributed by atoms with van der Waals surface area (Å²) in [6, 6.07) is 11.9. The van der Waals surface area contributed by atoms with E-state index in [0.717, 1.165) is 39.3 Å². The third kappa shape index (κ3) is 3.12. The molecule has 0 spiro atoms. The molecule has 148 valence electrons. The zero-order valence-corrected chi connectivity index (χ0v) is 18.4. The van der Waals surface area contributed by atoms with Gasteiger partial charge in [0.05, 0.1) is 0 Å². The summed E-state index contributed by atoms with van der Waals surface area (Å²) in [6.07, 6.45) is -1.00. The van der Waals surface area contributed by atoms with E-state index in [-0.39, 0.29) is 5.04 Å². The van der Waals surface area contributed by atoms with Gasteiger partial charge in [-0.2, -0.15) is 0 Å². The Morgan fingerprint density at radius 2 is 1.75 bits per heavy atom. The molecule has 0 amide bonds. The van der Waals surface area contributed by atoms with Gasteiger partial charge in [-0.15, -0.1) is 0 Å². The third-order valence-corrected chi connectivity index (χ3v) is 10.4. The number of hydrogen-bond acceptors (Lipinski definition) is 4. The zero-order valence-electron chi connectivity index (χ0n) is 17.4. The Labute approximate surface area is 167 Å². The van der Waals surface area contributed by atoms with Crippen molar-refractivity contribution >= 4 is 19.5 Å². The van der Waals surface area contributed by atoms with Crippen LogP contribution in [-0.4, -0.2) is 26.3 Å². The molecule has 2 aliphatic heterocycles. The molecular weight excluding hydrogens is 368 g/mol. The van der Waals surface area contributed by atoms with Crippen molar-refractivity contribution in [3.63, 3.8) is 0 Å². The van der Waals surface area contributed by atoms with Crippen LogP contribution in [0.25, 0.3) is 11.1 Å². The Morgan fingerprint density at radius 1 is 1.04 bits per heavy atom. The summed E-state index contributed by atoms with van der Waals surface area (Å²) in [5.74, 6) is 2.25. The molecular formula is C23H28O4Si. The summed E-state index contributed by atoms with van der Waals surface area (Å²) in [6.45, 7) is 13.5. The summed E-state index contributed by atoms with van der Waals surface area (Å²) in [7, 11) is -1.93. The highest BCUT2D eigenvalue weighted by molar-refractivity contribution is 6.74. The van der Waals surface area contributed by atoms with Gasteiger partial charge in [0.2, 0.25) is 14.6 Å². The second kappa shape index (κ2) is 6.39. The van der Waals surface area contributed by atoms with Crippen LogP contribution in [0.1, 0.15) is 37.5 Å². The van der Waals surface area contributed by atoms with Crippen LogP contribution in [0.2, 0.25) is 18.1 Å². The standard InChI is InChI=1S/C23H28O4Si/c1-14-7-9-16-18-13-25-19-12-15(27-28(5,6)23(2,3)4)8-10-17(19)21(18)22(24)26-20(16)11-14/h7-12,22,24H,13H2,1-6H3. The first-order valence-corrected chi connectivity index (χ1v) is 12.6. The van der Waals surface area contributed by atoms with E-state index in [9.17, 15) is 5.11 Å². The molecule has 2 aromatic rings. The van der Waals surface area contributed by atoms with Gasteiger partial charge in [-0.05, 0) is 48.8 Å². The number of benzene rings is 2. The molecule has 0 aliphatic carbocycles. The van der Waals surface area contributed by atoms with Gasteiger partial charge in [0, 0.05) is 28.3 Å². The fourth-order valence-corrected chi connectivity index (χ4v) is 4.43. The lowest BCUT2D eigenvalue weighted by molar-refractivity contribution is 0.0303. The van der Waals surface area contributed by atoms with Crippen molar-refractivity contribution in [2.45, 2.75) is 52.1 Å². The Morgan fingerprint density at radius 3 is 2.46 bits per heavy atom. The molecule has 0 bridgehead atoms. The lowest BCUT2D eigenvalue weighted by Gasteiger charge is -2.37. The van der Waals surface area contributed by atoms with Crippen LogP contribution in [0.5, 0.6) is 17.2 Å². The van der Waals surface area contributed by atoms with Crippen molar-refractivity contribution < 1.29 is 19.0 Å². The summed E-state index contributed by atoms with van der Waals surface area (Å²) in [4.78, 5) is 0. The quantitative estimate of drug-likeness (QED) is 0.691. The smallest absolute Gasteiger partial charge is 0.250 e. The highest BCUT2D eigenvalue weighted by Gasteiger charge is 2.39. The third-order valence-electron chi connectivity index (χ3n) is 6.07. The van der Waals surface area contributed by atoms with Gasteiger partial charge in [-0.1, -0.05) is 32.9 Å². The monoisotopic (exact) mass is 396 g/mol. The highest BCUT2D eigenvalue weighted by Crippen LogP contribution is 2.47. The summed E-state index contributed by atoms with van der Waals surface area (Å²) in [5.41, 5.74) is 4.72. The first-order chi connectivity index (χ1) is 13.1. The fraction of sp³-hybridized carbons (Fsp3) is 0.391. The summed E-state index contributed by atoms with van der Waals surface area (Å²) >= 11 is 0. The lowest BCUT2D eigenvalue weighted by atomic mass is 9.89. The van der Waals surface area contributed by atoms with Crippen LogP contribution in [0.4, 0.5) is 0 Å². The molecule has 28 heavy (non-hydrogen) atoms. The van der Waals surface area contributed by atoms with Crippen LogP contribution in [-0.2, 0) is 0 Å². The number of fused-ring (bicyclic) bond motifs is 4. The zero-order chi connectivity index (χ0) is 20.3. The highest BCUT2D eigenvalue weighted by atomic mass is 28.4. The molecule has 1 N–H and O–H groups in total. The van der Waals surface area contributed by atoms with Gasteiger partial charge in [0.15, 0.2) is 0 Å². The molecule has 2 aromatic carbocycles. The van der Waals surface area contributed by atoms with Gasteiger partial charge >= 0.3 is 0 Å². The van der Waals surface area contributed by atoms with E-state index in [2.05, 4.69) is 39.9 Å². The van der Waals surface area contributed by atoms with Crippen molar-refractivity contribution in [3.8, 4) is 17.2 Å². The van der Waals surface area contributed by atoms with Crippen LogP contribution < -0.4 is 13.9 Å². The molecule has 4 rings (SSSR count). The lowest BCUT2D eigenvalue weighted by Crippen LogP contribution is -2.43. The van der Waals surface area contributed by atoms with E-state index < -0.39 is 14.6 Å². The number of ether oxygens (including phenoxy) is 2. The molecule has 4 nitrogen and oxygen atoms in total. The number of aliphatic hydroxyl groups excluding tert-OH is 1. The van der Waals surface area contributed by atoms with E-state index in [1.54, 1.807) is 0 Å². The SMILES string of the molecule is Cc1ccc2c(c1)OC(O)C1=C2COc2cc(O[Si](C)(C)C(C)(C)C)ccc21. The molecule has 5 heteroatoms. The minimum absolute atomic E-state index is 0.120. The van der Waals surface area contributed by atoms with Crippen LogP contribution in [0.15, 0.2) is 36.4 Å². The number of rotatable bonds is 2. The topological polar surface area (TPSA) is 47.9 Å². The first kappa shape index (κ1) is 19.1. The maximum atomic E-state index is 10.7. The second-order valence-electron chi connectivity index (χ2n) is 9.17. The number of aliphatic hydroxyl groups is 1. The maximum Gasteiger partial charge on any atom is 0.250 e. The van der Waals surface area contributed by atoms with E-state index in [1.807, 2.05) is 37.3 Å². The minimum atomic E-state index is -1.93. The first-order valence-electron chi connectivity index (χ1n) is 9.72. The molecule has 0 saturated carbocycles. The van der Waals surface area contributed by atoms with Crippen LogP contribution in [0.3, 0.4) is 0 Å². The molecule has 0 radical (unpaired) electrons. The predicted octanol–water partition coefficient (Wildman–Crippen LogP) is 5.39. The van der Waals surface area contributed by atoms with Crippen LogP contribution >= 0.6 is 0 Å². The van der Waals surface area contributed by atoms with E-state index in [4.69, 9.17) is 13.9 Å². The summed E-state index contributed by atoms with van der Waals surface area (Å²) < 4.78 is 18.3. The second-order valence-corrected chi connectivity index (χ2v) is 13.9. The van der Waals surface area contributed by atoms with Gasteiger partial charge < -0.3 is 19.0 Å².